The van der Waals surface area contributed by atoms with Gasteiger partial charge in [-0.3, -0.25) is 14.6 Å². The summed E-state index contributed by atoms with van der Waals surface area (Å²) in [4.78, 5) is 33.4. The molecule has 0 saturated heterocycles. The van der Waals surface area contributed by atoms with Gasteiger partial charge in [-0.15, -0.1) is 13.2 Å². The van der Waals surface area contributed by atoms with Crippen molar-refractivity contribution in [2.75, 3.05) is 5.32 Å². The van der Waals surface area contributed by atoms with E-state index in [1.807, 2.05) is 19.1 Å². The number of esters is 1. The third kappa shape index (κ3) is 6.55. The molecule has 2 heterocycles. The second-order valence-corrected chi connectivity index (χ2v) is 8.33. The lowest BCUT2D eigenvalue weighted by atomic mass is 10.1. The standard InChI is InChI=1S/C27H22F3N3O5/c1-15-4-6-19(7-5-15)32-25(35)23-12-22-18(14-36-17(3)34)13-31-16(2)24(22)37-26(23)33-20-8-10-21(11-9-20)38-27(28,29)30/h4-13H,14H2,1-3H3,(H,32,35). The predicted octanol–water partition coefficient (Wildman–Crippen LogP) is 5.89. The second kappa shape index (κ2) is 10.8. The fraction of sp³-hybridized carbons (Fsp3) is 0.185. The van der Waals surface area contributed by atoms with Crippen molar-refractivity contribution < 1.29 is 36.7 Å². The van der Waals surface area contributed by atoms with Crippen molar-refractivity contribution in [3.8, 4) is 5.75 Å². The van der Waals surface area contributed by atoms with Crippen molar-refractivity contribution in [3.05, 3.63) is 88.7 Å². The molecule has 0 aliphatic heterocycles. The number of halogens is 3. The minimum atomic E-state index is -4.83. The maximum Gasteiger partial charge on any atom is 0.573 e. The third-order valence-electron chi connectivity index (χ3n) is 5.34. The molecule has 2 aromatic heterocycles. The molecule has 8 nitrogen and oxygen atoms in total. The average molecular weight is 525 g/mol. The van der Waals surface area contributed by atoms with Crippen LogP contribution in [0.5, 0.6) is 5.75 Å². The van der Waals surface area contributed by atoms with Gasteiger partial charge in [0.1, 0.15) is 17.9 Å². The van der Waals surface area contributed by atoms with Gasteiger partial charge in [-0.2, -0.15) is 0 Å². The molecule has 38 heavy (non-hydrogen) atoms. The molecule has 0 spiro atoms. The molecule has 0 aliphatic carbocycles. The van der Waals surface area contributed by atoms with E-state index in [4.69, 9.17) is 9.15 Å². The first-order valence-electron chi connectivity index (χ1n) is 11.3. The molecule has 196 valence electrons. The number of anilines is 1. The van der Waals surface area contributed by atoms with Gasteiger partial charge in [-0.1, -0.05) is 17.7 Å². The number of ether oxygens (including phenoxy) is 2. The van der Waals surface area contributed by atoms with Crippen LogP contribution in [0, 0.1) is 13.8 Å². The van der Waals surface area contributed by atoms with Gasteiger partial charge in [0.25, 0.3) is 5.91 Å². The van der Waals surface area contributed by atoms with Crippen LogP contribution in [0.25, 0.3) is 11.0 Å². The van der Waals surface area contributed by atoms with E-state index >= 15 is 0 Å². The molecule has 4 rings (SSSR count). The maximum absolute atomic E-state index is 13.3. The van der Waals surface area contributed by atoms with Crippen molar-refractivity contribution >= 4 is 34.2 Å². The smallest absolute Gasteiger partial charge is 0.461 e. The number of hydrogen-bond donors (Lipinski definition) is 1. The minimum Gasteiger partial charge on any atom is -0.461 e. The number of aryl methyl sites for hydroxylation is 2. The molecule has 0 fully saturated rings. The van der Waals surface area contributed by atoms with Gasteiger partial charge in [-0.05, 0) is 56.3 Å². The van der Waals surface area contributed by atoms with Crippen LogP contribution >= 0.6 is 0 Å². The fourth-order valence-corrected chi connectivity index (χ4v) is 3.50. The fourth-order valence-electron chi connectivity index (χ4n) is 3.50. The van der Waals surface area contributed by atoms with Crippen molar-refractivity contribution in [2.45, 2.75) is 33.7 Å². The van der Waals surface area contributed by atoms with Crippen LogP contribution in [0.4, 0.5) is 24.5 Å². The molecule has 1 amide bonds. The van der Waals surface area contributed by atoms with Gasteiger partial charge >= 0.3 is 12.3 Å². The quantitative estimate of drug-likeness (QED) is 0.315. The number of benzene rings is 2. The molecule has 0 atom stereocenters. The molecule has 11 heteroatoms. The number of nitrogens with one attached hydrogen (secondary N) is 1. The molecule has 0 aliphatic rings. The molecule has 4 aromatic rings. The summed E-state index contributed by atoms with van der Waals surface area (Å²) in [5.41, 5.74) is 3.01. The van der Waals surface area contributed by atoms with Gasteiger partial charge < -0.3 is 19.2 Å². The Kier molecular flexibility index (Phi) is 7.47. The Morgan fingerprint density at radius 1 is 1.05 bits per heavy atom. The molecule has 0 radical (unpaired) electrons. The summed E-state index contributed by atoms with van der Waals surface area (Å²) in [5.74, 6) is -1.44. The van der Waals surface area contributed by atoms with E-state index < -0.39 is 24.0 Å². The first-order chi connectivity index (χ1) is 18.0. The molecular weight excluding hydrogens is 503 g/mol. The van der Waals surface area contributed by atoms with E-state index in [1.54, 1.807) is 25.1 Å². The summed E-state index contributed by atoms with van der Waals surface area (Å²) in [6, 6.07) is 13.5. The Hall–Kier alpha value is -4.67. The van der Waals surface area contributed by atoms with E-state index in [2.05, 4.69) is 20.0 Å². The Bertz CT molecular complexity index is 1560. The van der Waals surface area contributed by atoms with Crippen LogP contribution in [0.15, 0.2) is 70.2 Å². The summed E-state index contributed by atoms with van der Waals surface area (Å²) < 4.78 is 52.6. The molecular formula is C27H22F3N3O5. The molecule has 0 saturated carbocycles. The average Bonchev–Trinajstić information content (AvgIpc) is 2.85. The minimum absolute atomic E-state index is 0.0448. The lowest BCUT2D eigenvalue weighted by molar-refractivity contribution is -0.274. The number of pyridine rings is 1. The molecule has 1 N–H and O–H groups in total. The summed E-state index contributed by atoms with van der Waals surface area (Å²) in [6.45, 7) is 4.79. The lowest BCUT2D eigenvalue weighted by Crippen LogP contribution is -2.22. The zero-order chi connectivity index (χ0) is 27.4. The largest absolute Gasteiger partial charge is 0.573 e. The molecule has 2 aromatic carbocycles. The summed E-state index contributed by atoms with van der Waals surface area (Å²) in [6.07, 6.45) is -3.31. The van der Waals surface area contributed by atoms with E-state index in [0.29, 0.717) is 27.9 Å². The van der Waals surface area contributed by atoms with Gasteiger partial charge in [0.05, 0.1) is 11.4 Å². The van der Waals surface area contributed by atoms with Crippen molar-refractivity contribution in [2.24, 2.45) is 4.99 Å². The first-order valence-corrected chi connectivity index (χ1v) is 11.3. The van der Waals surface area contributed by atoms with Gasteiger partial charge in [0, 0.05) is 29.8 Å². The Labute approximate surface area is 214 Å². The maximum atomic E-state index is 13.3. The Morgan fingerprint density at radius 3 is 2.37 bits per heavy atom. The number of alkyl halides is 3. The number of amides is 1. The third-order valence-corrected chi connectivity index (χ3v) is 5.34. The SMILES string of the molecule is CC(=O)OCc1cnc(C)c2oc(=Nc3ccc(OC(F)(F)F)cc3)c(C(=O)Nc3ccc(C)cc3)cc12. The van der Waals surface area contributed by atoms with Crippen LogP contribution < -0.4 is 15.6 Å². The Balaban J connectivity index is 1.84. The second-order valence-electron chi connectivity index (χ2n) is 8.33. The first kappa shape index (κ1) is 26.4. The summed E-state index contributed by atoms with van der Waals surface area (Å²) >= 11 is 0. The lowest BCUT2D eigenvalue weighted by Gasteiger charge is -2.11. The zero-order valence-corrected chi connectivity index (χ0v) is 20.6. The zero-order valence-electron chi connectivity index (χ0n) is 20.6. The van der Waals surface area contributed by atoms with Crippen molar-refractivity contribution in [3.63, 3.8) is 0 Å². The normalized spacial score (nSPS) is 11.9. The molecule has 0 bridgehead atoms. The number of carbonyl (C=O) groups excluding carboxylic acids is 2. The number of hydrogen-bond acceptors (Lipinski definition) is 7. The monoisotopic (exact) mass is 525 g/mol. The van der Waals surface area contributed by atoms with Crippen LogP contribution in [0.3, 0.4) is 0 Å². The van der Waals surface area contributed by atoms with Crippen LogP contribution in [0.2, 0.25) is 0 Å². The highest BCUT2D eigenvalue weighted by Gasteiger charge is 2.31. The van der Waals surface area contributed by atoms with Crippen LogP contribution in [-0.4, -0.2) is 23.2 Å². The van der Waals surface area contributed by atoms with Gasteiger partial charge in [0.15, 0.2) is 5.58 Å². The van der Waals surface area contributed by atoms with Crippen molar-refractivity contribution in [1.29, 1.82) is 0 Å². The van der Waals surface area contributed by atoms with Gasteiger partial charge in [0.2, 0.25) is 5.55 Å². The topological polar surface area (TPSA) is 103 Å². The predicted molar refractivity (Wildman–Crippen MR) is 132 cm³/mol. The van der Waals surface area contributed by atoms with Crippen LogP contribution in [0.1, 0.15) is 34.1 Å². The highest BCUT2D eigenvalue weighted by atomic mass is 19.4. The number of fused-ring (bicyclic) bond motifs is 1. The van der Waals surface area contributed by atoms with Crippen molar-refractivity contribution in [1.82, 2.24) is 4.98 Å². The summed E-state index contributed by atoms with van der Waals surface area (Å²) in [7, 11) is 0. The highest BCUT2D eigenvalue weighted by Crippen LogP contribution is 2.26. The van der Waals surface area contributed by atoms with E-state index in [0.717, 1.165) is 17.7 Å². The number of aromatic nitrogens is 1. The highest BCUT2D eigenvalue weighted by molar-refractivity contribution is 6.05. The van der Waals surface area contributed by atoms with E-state index in [-0.39, 0.29) is 23.4 Å². The number of carbonyl (C=O) groups is 2. The number of rotatable bonds is 6. The summed E-state index contributed by atoms with van der Waals surface area (Å²) in [5, 5.41) is 3.28. The van der Waals surface area contributed by atoms with Gasteiger partial charge in [-0.25, -0.2) is 4.99 Å². The number of nitrogens with zero attached hydrogens (tertiary/aromatic N) is 2. The van der Waals surface area contributed by atoms with E-state index in [9.17, 15) is 22.8 Å². The molecule has 0 unspecified atom stereocenters. The Morgan fingerprint density at radius 2 is 1.74 bits per heavy atom. The van der Waals surface area contributed by atoms with E-state index in [1.165, 1.54) is 25.3 Å². The van der Waals surface area contributed by atoms with Crippen LogP contribution in [-0.2, 0) is 16.1 Å².